The Bertz CT molecular complexity index is 324. The summed E-state index contributed by atoms with van der Waals surface area (Å²) in [5, 5.41) is 2.56. The predicted molar refractivity (Wildman–Crippen MR) is 47.6 cm³/mol. The van der Waals surface area contributed by atoms with Crippen LogP contribution in [0.2, 0.25) is 0 Å². The summed E-state index contributed by atoms with van der Waals surface area (Å²) in [6.45, 7) is 0. The second-order valence-corrected chi connectivity index (χ2v) is 4.20. The number of nitrogens with two attached hydrogens (primary N) is 1. The van der Waals surface area contributed by atoms with Crippen LogP contribution in [0.15, 0.2) is 9.98 Å². The molecule has 0 aliphatic heterocycles. The Kier molecular flexibility index (Phi) is 2.77. The van der Waals surface area contributed by atoms with Crippen LogP contribution >= 0.6 is 27.3 Å². The number of carbonyl (C=O) groups excluding carboxylic acids is 2. The van der Waals surface area contributed by atoms with E-state index in [4.69, 9.17) is 5.73 Å². The lowest BCUT2D eigenvalue weighted by Crippen LogP contribution is -2.29. The minimum atomic E-state index is -1.03. The summed E-state index contributed by atoms with van der Waals surface area (Å²) in [5.41, 5.74) is 4.70. The number of amides is 2. The van der Waals surface area contributed by atoms with Crippen LogP contribution in [-0.4, -0.2) is 16.8 Å². The van der Waals surface area contributed by atoms with Gasteiger partial charge in [0.2, 0.25) is 0 Å². The van der Waals surface area contributed by atoms with Crippen LogP contribution in [0, 0.1) is 0 Å². The lowest BCUT2D eigenvalue weighted by molar-refractivity contribution is -0.134. The third-order valence-corrected chi connectivity index (χ3v) is 2.31. The maximum atomic E-state index is 10.7. The van der Waals surface area contributed by atoms with Crippen LogP contribution in [0.1, 0.15) is 0 Å². The summed E-state index contributed by atoms with van der Waals surface area (Å²) < 4.78 is 0.766. The van der Waals surface area contributed by atoms with Crippen molar-refractivity contribution in [2.45, 2.75) is 0 Å². The number of aromatic nitrogens is 1. The van der Waals surface area contributed by atoms with Gasteiger partial charge in [-0.05, 0) is 15.9 Å². The fourth-order valence-corrected chi connectivity index (χ4v) is 1.57. The van der Waals surface area contributed by atoms with Gasteiger partial charge in [-0.15, -0.1) is 0 Å². The van der Waals surface area contributed by atoms with Crippen LogP contribution in [0.25, 0.3) is 0 Å². The minimum absolute atomic E-state index is 0.339. The summed E-state index contributed by atoms with van der Waals surface area (Å²) >= 11 is 4.35. The maximum Gasteiger partial charge on any atom is 0.315 e. The second-order valence-electron chi connectivity index (χ2n) is 1.79. The zero-order valence-electron chi connectivity index (χ0n) is 5.70. The smallest absolute Gasteiger partial charge is 0.315 e. The molecule has 0 atom stereocenters. The third-order valence-electron chi connectivity index (χ3n) is 0.922. The van der Waals surface area contributed by atoms with Crippen molar-refractivity contribution in [2.75, 3.05) is 5.32 Å². The van der Waals surface area contributed by atoms with Crippen molar-refractivity contribution < 1.29 is 9.59 Å². The molecule has 0 saturated heterocycles. The van der Waals surface area contributed by atoms with Gasteiger partial charge in [0, 0.05) is 0 Å². The van der Waals surface area contributed by atoms with Crippen molar-refractivity contribution in [1.29, 1.82) is 0 Å². The molecule has 12 heavy (non-hydrogen) atoms. The standard InChI is InChI=1S/C5H4BrN3O2S/c6-2-1-8-5(12-2)9-4(11)3(7)10/h1H,(H2,7,10)(H,8,9,11). The highest BCUT2D eigenvalue weighted by atomic mass is 79.9. The van der Waals surface area contributed by atoms with E-state index >= 15 is 0 Å². The Morgan fingerprint density at radius 1 is 1.67 bits per heavy atom. The number of hydrogen-bond donors (Lipinski definition) is 2. The number of thiazole rings is 1. The van der Waals surface area contributed by atoms with E-state index in [1.807, 2.05) is 0 Å². The van der Waals surface area contributed by atoms with Gasteiger partial charge in [0.15, 0.2) is 5.13 Å². The highest BCUT2D eigenvalue weighted by molar-refractivity contribution is 9.11. The van der Waals surface area contributed by atoms with Crippen LogP contribution in [0.5, 0.6) is 0 Å². The first-order chi connectivity index (χ1) is 5.59. The van der Waals surface area contributed by atoms with E-state index in [1.54, 1.807) is 0 Å². The van der Waals surface area contributed by atoms with Gasteiger partial charge < -0.3 is 5.73 Å². The van der Waals surface area contributed by atoms with Crippen LogP contribution in [0.3, 0.4) is 0 Å². The van der Waals surface area contributed by atoms with Gasteiger partial charge in [0.05, 0.1) is 9.98 Å². The van der Waals surface area contributed by atoms with Gasteiger partial charge in [0.1, 0.15) is 0 Å². The Morgan fingerprint density at radius 2 is 2.33 bits per heavy atom. The Labute approximate surface area is 80.1 Å². The van der Waals surface area contributed by atoms with Gasteiger partial charge in [-0.2, -0.15) is 0 Å². The molecule has 1 rings (SSSR count). The molecule has 0 aliphatic carbocycles. The molecule has 0 fully saturated rings. The molecule has 0 bridgehead atoms. The molecule has 1 aromatic heterocycles. The minimum Gasteiger partial charge on any atom is -0.361 e. The van der Waals surface area contributed by atoms with Crippen LogP contribution < -0.4 is 11.1 Å². The summed E-state index contributed by atoms with van der Waals surface area (Å²) in [7, 11) is 0. The SMILES string of the molecule is NC(=O)C(=O)Nc1ncc(Br)s1. The van der Waals surface area contributed by atoms with Crippen molar-refractivity contribution in [3.63, 3.8) is 0 Å². The summed E-state index contributed by atoms with van der Waals surface area (Å²) in [6, 6.07) is 0. The first-order valence-electron chi connectivity index (χ1n) is 2.81. The second kappa shape index (κ2) is 3.63. The Hall–Kier alpha value is -0.950. The molecule has 0 spiro atoms. The molecule has 7 heteroatoms. The van der Waals surface area contributed by atoms with E-state index in [0.717, 1.165) is 3.79 Å². The average molecular weight is 250 g/mol. The molecule has 3 N–H and O–H groups in total. The fraction of sp³-hybridized carbons (Fsp3) is 0. The third kappa shape index (κ3) is 2.28. The highest BCUT2D eigenvalue weighted by Gasteiger charge is 2.10. The molecule has 0 aliphatic rings. The lowest BCUT2D eigenvalue weighted by Gasteiger charge is -1.94. The number of primary amides is 1. The van der Waals surface area contributed by atoms with Crippen molar-refractivity contribution in [3.8, 4) is 0 Å². The number of hydrogen-bond acceptors (Lipinski definition) is 4. The van der Waals surface area contributed by atoms with Crippen LogP contribution in [0.4, 0.5) is 5.13 Å². The van der Waals surface area contributed by atoms with E-state index in [0.29, 0.717) is 5.13 Å². The van der Waals surface area contributed by atoms with Crippen molar-refractivity contribution in [2.24, 2.45) is 5.73 Å². The first-order valence-corrected chi connectivity index (χ1v) is 4.42. The molecule has 0 aromatic carbocycles. The van der Waals surface area contributed by atoms with Gasteiger partial charge >= 0.3 is 11.8 Å². The summed E-state index contributed by atoms with van der Waals surface area (Å²) in [6.07, 6.45) is 1.52. The molecule has 0 saturated carbocycles. The number of carbonyl (C=O) groups is 2. The largest absolute Gasteiger partial charge is 0.361 e. The highest BCUT2D eigenvalue weighted by Crippen LogP contribution is 2.22. The first kappa shape index (κ1) is 9.14. The normalized spacial score (nSPS) is 9.42. The Morgan fingerprint density at radius 3 is 2.75 bits per heavy atom. The van der Waals surface area contributed by atoms with E-state index in [9.17, 15) is 9.59 Å². The topological polar surface area (TPSA) is 85.1 Å². The number of halogens is 1. The van der Waals surface area contributed by atoms with Crippen molar-refractivity contribution in [3.05, 3.63) is 9.98 Å². The number of nitrogens with zero attached hydrogens (tertiary/aromatic N) is 1. The van der Waals surface area contributed by atoms with E-state index in [2.05, 4.69) is 26.2 Å². The average Bonchev–Trinajstić information content (AvgIpc) is 2.35. The monoisotopic (exact) mass is 249 g/mol. The number of nitrogens with one attached hydrogen (secondary N) is 1. The molecule has 0 unspecified atom stereocenters. The predicted octanol–water partition coefficient (Wildman–Crippen LogP) is 0.329. The quantitative estimate of drug-likeness (QED) is 0.704. The molecule has 1 aromatic rings. The van der Waals surface area contributed by atoms with Gasteiger partial charge in [-0.3, -0.25) is 14.9 Å². The zero-order chi connectivity index (χ0) is 9.14. The molecule has 5 nitrogen and oxygen atoms in total. The number of anilines is 1. The van der Waals surface area contributed by atoms with E-state index in [1.165, 1.54) is 17.5 Å². The fourth-order valence-electron chi connectivity index (χ4n) is 0.471. The van der Waals surface area contributed by atoms with Gasteiger partial charge in [-0.25, -0.2) is 4.98 Å². The van der Waals surface area contributed by atoms with Crippen molar-refractivity contribution in [1.82, 2.24) is 4.98 Å². The summed E-state index contributed by atoms with van der Waals surface area (Å²) in [5.74, 6) is -1.89. The van der Waals surface area contributed by atoms with Crippen LogP contribution in [-0.2, 0) is 9.59 Å². The molecular weight excluding hydrogens is 246 g/mol. The Balaban J connectivity index is 2.64. The van der Waals surface area contributed by atoms with E-state index in [-0.39, 0.29) is 0 Å². The molecule has 2 amide bonds. The van der Waals surface area contributed by atoms with Gasteiger partial charge in [0.25, 0.3) is 0 Å². The van der Waals surface area contributed by atoms with Crippen molar-refractivity contribution >= 4 is 44.2 Å². The molecular formula is C5H4BrN3O2S. The summed E-state index contributed by atoms with van der Waals surface area (Å²) in [4.78, 5) is 24.7. The van der Waals surface area contributed by atoms with Gasteiger partial charge in [-0.1, -0.05) is 11.3 Å². The lowest BCUT2D eigenvalue weighted by atomic mass is 10.6. The number of rotatable bonds is 1. The molecule has 0 radical (unpaired) electrons. The molecule has 64 valence electrons. The maximum absolute atomic E-state index is 10.7. The molecule has 1 heterocycles. The zero-order valence-corrected chi connectivity index (χ0v) is 8.11. The van der Waals surface area contributed by atoms with E-state index < -0.39 is 11.8 Å².